The molecule has 0 bridgehead atoms. The molecule has 3 N–H and O–H groups in total. The number of aliphatic carboxylic acids is 1. The van der Waals surface area contributed by atoms with Gasteiger partial charge in [0.05, 0.1) is 14.2 Å². The SMILES string of the molecule is COc1cc(N)cc(CCC(=O)O)c1OC.Cl. The summed E-state index contributed by atoms with van der Waals surface area (Å²) in [5.74, 6) is 0.198. The Kier molecular flexibility index (Phi) is 6.20. The van der Waals surface area contributed by atoms with Crippen molar-refractivity contribution in [2.24, 2.45) is 0 Å². The summed E-state index contributed by atoms with van der Waals surface area (Å²) in [6, 6.07) is 3.34. The number of benzene rings is 1. The van der Waals surface area contributed by atoms with Gasteiger partial charge in [0.1, 0.15) is 0 Å². The lowest BCUT2D eigenvalue weighted by molar-refractivity contribution is -0.136. The Balaban J connectivity index is 0.00000256. The summed E-state index contributed by atoms with van der Waals surface area (Å²) in [6.07, 6.45) is 0.392. The third-order valence-electron chi connectivity index (χ3n) is 2.19. The summed E-state index contributed by atoms with van der Waals surface area (Å²) in [5.41, 5.74) is 6.95. The largest absolute Gasteiger partial charge is 0.493 e. The number of carboxylic acid groups (broad SMARTS) is 1. The normalized spacial score (nSPS) is 9.29. The van der Waals surface area contributed by atoms with Crippen LogP contribution in [0.2, 0.25) is 0 Å². The van der Waals surface area contributed by atoms with E-state index in [0.29, 0.717) is 23.6 Å². The minimum atomic E-state index is -0.858. The lowest BCUT2D eigenvalue weighted by Crippen LogP contribution is -2.02. The number of anilines is 1. The van der Waals surface area contributed by atoms with Crippen LogP contribution in [0.5, 0.6) is 11.5 Å². The van der Waals surface area contributed by atoms with Crippen molar-refractivity contribution in [1.29, 1.82) is 0 Å². The number of nitrogen functional groups attached to an aromatic ring is 1. The van der Waals surface area contributed by atoms with Gasteiger partial charge in [-0.15, -0.1) is 12.4 Å². The minimum absolute atomic E-state index is 0. The Morgan fingerprint density at radius 1 is 1.35 bits per heavy atom. The fraction of sp³-hybridized carbons (Fsp3) is 0.364. The maximum atomic E-state index is 10.5. The van der Waals surface area contributed by atoms with Gasteiger partial charge in [-0.3, -0.25) is 4.79 Å². The van der Waals surface area contributed by atoms with Crippen LogP contribution in [0.15, 0.2) is 12.1 Å². The third-order valence-corrected chi connectivity index (χ3v) is 2.19. The van der Waals surface area contributed by atoms with Crippen molar-refractivity contribution < 1.29 is 19.4 Å². The van der Waals surface area contributed by atoms with Gasteiger partial charge in [0.25, 0.3) is 0 Å². The highest BCUT2D eigenvalue weighted by atomic mass is 35.5. The maximum Gasteiger partial charge on any atom is 0.303 e. The Labute approximate surface area is 106 Å². The summed E-state index contributed by atoms with van der Waals surface area (Å²) >= 11 is 0. The predicted octanol–water partition coefficient (Wildman–Crippen LogP) is 1.72. The Morgan fingerprint density at radius 3 is 2.47 bits per heavy atom. The topological polar surface area (TPSA) is 81.8 Å². The highest BCUT2D eigenvalue weighted by Gasteiger charge is 2.12. The third kappa shape index (κ3) is 4.03. The molecule has 0 aliphatic carbocycles. The number of hydrogen-bond acceptors (Lipinski definition) is 4. The molecular formula is C11H16ClNO4. The lowest BCUT2D eigenvalue weighted by atomic mass is 10.1. The second kappa shape index (κ2) is 6.85. The molecule has 0 aliphatic heterocycles. The van der Waals surface area contributed by atoms with Crippen LogP contribution in [0.4, 0.5) is 5.69 Å². The smallest absolute Gasteiger partial charge is 0.303 e. The molecule has 0 saturated carbocycles. The molecule has 1 aromatic rings. The van der Waals surface area contributed by atoms with E-state index in [2.05, 4.69) is 0 Å². The van der Waals surface area contributed by atoms with Gasteiger partial charge in [0, 0.05) is 23.7 Å². The van der Waals surface area contributed by atoms with Crippen LogP contribution in [0.1, 0.15) is 12.0 Å². The summed E-state index contributed by atoms with van der Waals surface area (Å²) in [6.45, 7) is 0. The maximum absolute atomic E-state index is 10.5. The van der Waals surface area contributed by atoms with E-state index in [1.807, 2.05) is 0 Å². The molecule has 1 aromatic carbocycles. The number of hydrogen-bond donors (Lipinski definition) is 2. The van der Waals surface area contributed by atoms with E-state index in [4.69, 9.17) is 20.3 Å². The molecule has 0 heterocycles. The average molecular weight is 262 g/mol. The fourth-order valence-electron chi connectivity index (χ4n) is 1.49. The highest BCUT2D eigenvalue weighted by molar-refractivity contribution is 5.85. The first-order valence-corrected chi connectivity index (χ1v) is 4.80. The first-order chi connectivity index (χ1) is 7.58. The number of nitrogens with two attached hydrogens (primary N) is 1. The van der Waals surface area contributed by atoms with Crippen molar-refractivity contribution in [1.82, 2.24) is 0 Å². The van der Waals surface area contributed by atoms with E-state index in [-0.39, 0.29) is 18.8 Å². The van der Waals surface area contributed by atoms with Crippen LogP contribution in [-0.2, 0) is 11.2 Å². The van der Waals surface area contributed by atoms with Gasteiger partial charge in [-0.05, 0) is 12.5 Å². The zero-order chi connectivity index (χ0) is 12.1. The van der Waals surface area contributed by atoms with Gasteiger partial charge in [0.15, 0.2) is 11.5 Å². The molecule has 0 spiro atoms. The molecule has 1 rings (SSSR count). The first-order valence-electron chi connectivity index (χ1n) is 4.80. The highest BCUT2D eigenvalue weighted by Crippen LogP contribution is 2.34. The van der Waals surface area contributed by atoms with E-state index in [9.17, 15) is 4.79 Å². The van der Waals surface area contributed by atoms with Crippen molar-refractivity contribution in [3.8, 4) is 11.5 Å². The van der Waals surface area contributed by atoms with Gasteiger partial charge in [0.2, 0.25) is 0 Å². The van der Waals surface area contributed by atoms with Crippen LogP contribution >= 0.6 is 12.4 Å². The lowest BCUT2D eigenvalue weighted by Gasteiger charge is -2.13. The second-order valence-corrected chi connectivity index (χ2v) is 3.31. The fourth-order valence-corrected chi connectivity index (χ4v) is 1.49. The number of ether oxygens (including phenoxy) is 2. The molecule has 0 unspecified atom stereocenters. The Bertz CT molecular complexity index is 395. The van der Waals surface area contributed by atoms with Crippen molar-refractivity contribution in [2.45, 2.75) is 12.8 Å². The van der Waals surface area contributed by atoms with E-state index >= 15 is 0 Å². The first kappa shape index (κ1) is 15.4. The molecule has 0 amide bonds. The molecule has 6 heteroatoms. The molecule has 0 fully saturated rings. The van der Waals surface area contributed by atoms with E-state index in [1.165, 1.54) is 14.2 Å². The van der Waals surface area contributed by atoms with Crippen molar-refractivity contribution in [3.63, 3.8) is 0 Å². The van der Waals surface area contributed by atoms with Crippen LogP contribution in [0.3, 0.4) is 0 Å². The second-order valence-electron chi connectivity index (χ2n) is 3.31. The number of rotatable bonds is 5. The molecular weight excluding hydrogens is 246 g/mol. The number of halogens is 1. The van der Waals surface area contributed by atoms with Crippen LogP contribution < -0.4 is 15.2 Å². The van der Waals surface area contributed by atoms with Crippen LogP contribution in [0.25, 0.3) is 0 Å². The summed E-state index contributed by atoms with van der Waals surface area (Å²) in [5, 5.41) is 8.63. The summed E-state index contributed by atoms with van der Waals surface area (Å²) in [4.78, 5) is 10.5. The molecule has 5 nitrogen and oxygen atoms in total. The summed E-state index contributed by atoms with van der Waals surface area (Å²) in [7, 11) is 3.02. The number of carbonyl (C=O) groups is 1. The molecule has 0 saturated heterocycles. The zero-order valence-corrected chi connectivity index (χ0v) is 10.5. The monoisotopic (exact) mass is 261 g/mol. The quantitative estimate of drug-likeness (QED) is 0.789. The molecule has 0 atom stereocenters. The molecule has 0 aromatic heterocycles. The van der Waals surface area contributed by atoms with E-state index in [0.717, 1.165) is 5.56 Å². The number of aryl methyl sites for hydroxylation is 1. The van der Waals surface area contributed by atoms with E-state index in [1.54, 1.807) is 12.1 Å². The minimum Gasteiger partial charge on any atom is -0.493 e. The molecule has 0 radical (unpaired) electrons. The zero-order valence-electron chi connectivity index (χ0n) is 9.73. The number of carboxylic acids is 1. The van der Waals surface area contributed by atoms with Gasteiger partial charge in [-0.2, -0.15) is 0 Å². The summed E-state index contributed by atoms with van der Waals surface area (Å²) < 4.78 is 10.3. The standard InChI is InChI=1S/C11H15NO4.ClH/c1-15-9-6-8(12)5-7(11(9)16-2)3-4-10(13)14;/h5-6H,3-4,12H2,1-2H3,(H,13,14);1H. The van der Waals surface area contributed by atoms with Gasteiger partial charge < -0.3 is 20.3 Å². The average Bonchev–Trinajstić information content (AvgIpc) is 2.25. The van der Waals surface area contributed by atoms with Gasteiger partial charge >= 0.3 is 5.97 Å². The molecule has 17 heavy (non-hydrogen) atoms. The van der Waals surface area contributed by atoms with Crippen molar-refractivity contribution >= 4 is 24.1 Å². The Hall–Kier alpha value is -1.62. The van der Waals surface area contributed by atoms with Crippen LogP contribution in [-0.4, -0.2) is 25.3 Å². The number of methoxy groups -OCH3 is 2. The van der Waals surface area contributed by atoms with Crippen LogP contribution in [0, 0.1) is 0 Å². The molecule has 0 aliphatic rings. The van der Waals surface area contributed by atoms with E-state index < -0.39 is 5.97 Å². The van der Waals surface area contributed by atoms with Crippen molar-refractivity contribution in [2.75, 3.05) is 20.0 Å². The molecule has 96 valence electrons. The predicted molar refractivity (Wildman–Crippen MR) is 67.2 cm³/mol. The van der Waals surface area contributed by atoms with Gasteiger partial charge in [-0.1, -0.05) is 0 Å². The van der Waals surface area contributed by atoms with Crippen molar-refractivity contribution in [3.05, 3.63) is 17.7 Å². The van der Waals surface area contributed by atoms with Gasteiger partial charge in [-0.25, -0.2) is 0 Å². The Morgan fingerprint density at radius 2 is 2.00 bits per heavy atom.